The van der Waals surface area contributed by atoms with E-state index in [0.29, 0.717) is 38.1 Å². The third-order valence-corrected chi connectivity index (χ3v) is 5.46. The van der Waals surface area contributed by atoms with Gasteiger partial charge in [0, 0.05) is 24.4 Å². The molecule has 1 aromatic heterocycles. The van der Waals surface area contributed by atoms with Crippen LogP contribution < -0.4 is 21.8 Å². The fourth-order valence-electron chi connectivity index (χ4n) is 2.58. The van der Waals surface area contributed by atoms with E-state index in [1.165, 1.54) is 4.88 Å². The number of nitrogens with zero attached hydrogens (tertiary/aromatic N) is 2. The molecular formula is C19H32N6O4S. The first-order valence-electron chi connectivity index (χ1n) is 10.1. The zero-order valence-electron chi connectivity index (χ0n) is 17.6. The van der Waals surface area contributed by atoms with Crippen LogP contribution in [0.15, 0.2) is 22.5 Å². The molecule has 0 aliphatic rings. The van der Waals surface area contributed by atoms with E-state index in [4.69, 9.17) is 5.73 Å². The number of aliphatic imine (C=N–C) groups is 1. The summed E-state index contributed by atoms with van der Waals surface area (Å²) in [5.74, 6) is -0.361. The standard InChI is InChI=1S/C19H32N6O4S/c1-3-14(2)13-22-18(27)16(9-5-11-21-19(20)24-25(28)29)23-17(26)10-4-7-15-8-6-12-30-15/h6,8,12,14,16H,3-5,7,9-11,13H2,1-2H3,(H,22,27)(H,23,26)(H3,20,21,24)/t14?,16-/m0/s1. The number of carbonyl (C=O) groups excluding carboxylic acids is 2. The number of hydrogen-bond acceptors (Lipinski definition) is 6. The fraction of sp³-hybridized carbons (Fsp3) is 0.632. The highest BCUT2D eigenvalue weighted by molar-refractivity contribution is 7.09. The van der Waals surface area contributed by atoms with Crippen molar-refractivity contribution < 1.29 is 14.6 Å². The van der Waals surface area contributed by atoms with Gasteiger partial charge in [0.1, 0.15) is 6.04 Å². The first-order chi connectivity index (χ1) is 14.3. The van der Waals surface area contributed by atoms with E-state index in [9.17, 15) is 19.7 Å². The number of carbonyl (C=O) groups is 2. The van der Waals surface area contributed by atoms with Crippen molar-refractivity contribution in [3.63, 3.8) is 0 Å². The van der Waals surface area contributed by atoms with Crippen molar-refractivity contribution in [1.82, 2.24) is 16.1 Å². The van der Waals surface area contributed by atoms with Crippen molar-refractivity contribution in [2.45, 2.75) is 58.4 Å². The number of nitrogens with two attached hydrogens (primary N) is 1. The Kier molecular flexibility index (Phi) is 12.1. The zero-order chi connectivity index (χ0) is 22.4. The summed E-state index contributed by atoms with van der Waals surface area (Å²) in [7, 11) is 0. The second-order valence-corrected chi connectivity index (χ2v) is 8.12. The predicted molar refractivity (Wildman–Crippen MR) is 118 cm³/mol. The van der Waals surface area contributed by atoms with Crippen molar-refractivity contribution in [3.8, 4) is 0 Å². The van der Waals surface area contributed by atoms with Crippen molar-refractivity contribution in [3.05, 3.63) is 32.5 Å². The molecule has 0 aliphatic carbocycles. The lowest BCUT2D eigenvalue weighted by Gasteiger charge is -2.19. The third-order valence-electron chi connectivity index (χ3n) is 4.52. The van der Waals surface area contributed by atoms with Gasteiger partial charge in [-0.15, -0.1) is 11.3 Å². The molecule has 1 unspecified atom stereocenters. The average Bonchev–Trinajstić information content (AvgIpc) is 3.21. The van der Waals surface area contributed by atoms with E-state index in [0.717, 1.165) is 12.8 Å². The Morgan fingerprint density at radius 1 is 1.37 bits per heavy atom. The van der Waals surface area contributed by atoms with Gasteiger partial charge >= 0.3 is 0 Å². The summed E-state index contributed by atoms with van der Waals surface area (Å²) in [6.45, 7) is 4.83. The SMILES string of the molecule is CCC(C)CNC(=O)[C@H](CCCN=C(N)N[N+](=O)[O-])NC(=O)CCCc1cccs1. The van der Waals surface area contributed by atoms with Gasteiger partial charge < -0.3 is 16.4 Å². The highest BCUT2D eigenvalue weighted by atomic mass is 32.1. The summed E-state index contributed by atoms with van der Waals surface area (Å²) in [6.07, 6.45) is 3.62. The van der Waals surface area contributed by atoms with E-state index in [2.05, 4.69) is 15.6 Å². The topological polar surface area (TPSA) is 152 Å². The number of rotatable bonds is 14. The van der Waals surface area contributed by atoms with E-state index in [1.807, 2.05) is 31.4 Å². The van der Waals surface area contributed by atoms with E-state index in [1.54, 1.807) is 16.8 Å². The van der Waals surface area contributed by atoms with Gasteiger partial charge in [-0.25, -0.2) is 15.1 Å². The minimum atomic E-state index is -0.791. The molecule has 0 aliphatic heterocycles. The Labute approximate surface area is 180 Å². The Hall–Kier alpha value is -2.69. The maximum Gasteiger partial charge on any atom is 0.251 e. The molecule has 0 bridgehead atoms. The summed E-state index contributed by atoms with van der Waals surface area (Å²) in [5, 5.41) is 17.2. The third kappa shape index (κ3) is 11.3. The Balaban J connectivity index is 2.52. The average molecular weight is 441 g/mol. The van der Waals surface area contributed by atoms with Crippen LogP contribution in [-0.4, -0.2) is 41.9 Å². The Morgan fingerprint density at radius 3 is 2.77 bits per heavy atom. The lowest BCUT2D eigenvalue weighted by Crippen LogP contribution is -2.47. The van der Waals surface area contributed by atoms with Gasteiger partial charge in [0.2, 0.25) is 11.8 Å². The van der Waals surface area contributed by atoms with E-state index < -0.39 is 11.1 Å². The molecule has 2 amide bonds. The molecular weight excluding hydrogens is 408 g/mol. The summed E-state index contributed by atoms with van der Waals surface area (Å²) < 4.78 is 0. The second kappa shape index (κ2) is 14.3. The van der Waals surface area contributed by atoms with E-state index >= 15 is 0 Å². The maximum absolute atomic E-state index is 12.5. The molecule has 5 N–H and O–H groups in total. The molecule has 1 aromatic rings. The molecule has 1 rings (SSSR count). The number of nitro groups is 1. The molecule has 168 valence electrons. The maximum atomic E-state index is 12.5. The molecule has 0 saturated heterocycles. The molecule has 0 radical (unpaired) electrons. The van der Waals surface area contributed by atoms with Gasteiger partial charge in [-0.3, -0.25) is 9.59 Å². The van der Waals surface area contributed by atoms with Crippen molar-refractivity contribution in [2.75, 3.05) is 13.1 Å². The van der Waals surface area contributed by atoms with Gasteiger partial charge in [0.15, 0.2) is 5.03 Å². The lowest BCUT2D eigenvalue weighted by molar-refractivity contribution is -0.525. The number of amides is 2. The normalized spacial score (nSPS) is 13.3. The van der Waals surface area contributed by atoms with Crippen LogP contribution in [0, 0.1) is 16.0 Å². The first-order valence-corrected chi connectivity index (χ1v) is 11.0. The van der Waals surface area contributed by atoms with Crippen molar-refractivity contribution in [2.24, 2.45) is 16.6 Å². The molecule has 2 atom stereocenters. The van der Waals surface area contributed by atoms with Gasteiger partial charge in [0.25, 0.3) is 5.96 Å². The summed E-state index contributed by atoms with van der Waals surface area (Å²) in [5.41, 5.74) is 7.13. The minimum absolute atomic E-state index is 0.173. The molecule has 30 heavy (non-hydrogen) atoms. The number of hydrogen-bond donors (Lipinski definition) is 4. The molecule has 0 fully saturated rings. The van der Waals surface area contributed by atoms with Crippen molar-refractivity contribution >= 4 is 29.1 Å². The summed E-state index contributed by atoms with van der Waals surface area (Å²) in [6, 6.07) is 3.34. The summed E-state index contributed by atoms with van der Waals surface area (Å²) in [4.78, 5) is 40.2. The van der Waals surface area contributed by atoms with Crippen LogP contribution in [0.5, 0.6) is 0 Å². The van der Waals surface area contributed by atoms with Crippen LogP contribution in [0.4, 0.5) is 0 Å². The molecule has 11 heteroatoms. The Morgan fingerprint density at radius 2 is 2.13 bits per heavy atom. The molecule has 0 spiro atoms. The smallest absolute Gasteiger partial charge is 0.251 e. The van der Waals surface area contributed by atoms with Crippen LogP contribution in [0.3, 0.4) is 0 Å². The highest BCUT2D eigenvalue weighted by Crippen LogP contribution is 2.12. The number of hydrazine groups is 1. The van der Waals surface area contributed by atoms with Crippen LogP contribution >= 0.6 is 11.3 Å². The van der Waals surface area contributed by atoms with Crippen LogP contribution in [0.2, 0.25) is 0 Å². The molecule has 10 nitrogen and oxygen atoms in total. The largest absolute Gasteiger partial charge is 0.365 e. The molecule has 1 heterocycles. The number of thiophene rings is 1. The van der Waals surface area contributed by atoms with Gasteiger partial charge in [-0.05, 0) is 43.0 Å². The zero-order valence-corrected chi connectivity index (χ0v) is 18.4. The minimum Gasteiger partial charge on any atom is -0.365 e. The van der Waals surface area contributed by atoms with Gasteiger partial charge in [0.05, 0.1) is 0 Å². The lowest BCUT2D eigenvalue weighted by atomic mass is 10.1. The highest BCUT2D eigenvalue weighted by Gasteiger charge is 2.20. The van der Waals surface area contributed by atoms with Gasteiger partial charge in [-0.1, -0.05) is 31.8 Å². The van der Waals surface area contributed by atoms with E-state index in [-0.39, 0.29) is 24.3 Å². The molecule has 0 saturated carbocycles. The monoisotopic (exact) mass is 440 g/mol. The quantitative estimate of drug-likeness (QED) is 0.113. The number of guanidine groups is 1. The van der Waals surface area contributed by atoms with Crippen molar-refractivity contribution in [1.29, 1.82) is 0 Å². The Bertz CT molecular complexity index is 695. The molecule has 0 aromatic carbocycles. The fourth-order valence-corrected chi connectivity index (χ4v) is 3.33. The van der Waals surface area contributed by atoms with Crippen LogP contribution in [0.25, 0.3) is 0 Å². The number of aryl methyl sites for hydroxylation is 1. The van der Waals surface area contributed by atoms with Crippen LogP contribution in [0.1, 0.15) is 50.8 Å². The number of nitrogens with one attached hydrogen (secondary N) is 3. The van der Waals surface area contributed by atoms with Crippen LogP contribution in [-0.2, 0) is 16.0 Å². The summed E-state index contributed by atoms with van der Waals surface area (Å²) >= 11 is 1.66. The second-order valence-electron chi connectivity index (χ2n) is 7.09. The van der Waals surface area contributed by atoms with Gasteiger partial charge in [-0.2, -0.15) is 0 Å². The first kappa shape index (κ1) is 25.3. The predicted octanol–water partition coefficient (Wildman–Crippen LogP) is 1.59.